The molecule has 0 spiro atoms. The van der Waals surface area contributed by atoms with E-state index in [1.165, 1.54) is 12.1 Å². The second-order valence-corrected chi connectivity index (χ2v) is 3.75. The first-order valence-corrected chi connectivity index (χ1v) is 5.29. The van der Waals surface area contributed by atoms with E-state index in [1.54, 1.807) is 30.3 Å². The van der Waals surface area contributed by atoms with Gasteiger partial charge in [0.15, 0.2) is 0 Å². The monoisotopic (exact) mass is 245 g/mol. The first-order valence-electron chi connectivity index (χ1n) is 5.29. The van der Waals surface area contributed by atoms with Crippen molar-refractivity contribution in [3.8, 4) is 11.1 Å². The van der Waals surface area contributed by atoms with Crippen molar-refractivity contribution < 1.29 is 9.18 Å². The lowest BCUT2D eigenvalue weighted by atomic mass is 9.98. The Hall–Kier alpha value is -2.40. The van der Waals surface area contributed by atoms with Crippen LogP contribution in [0.15, 0.2) is 42.5 Å². The molecule has 1 amide bonds. The summed E-state index contributed by atoms with van der Waals surface area (Å²) in [5.74, 6) is 4.23. The molecule has 92 valence electrons. The number of nitrogens with one attached hydrogen (secondary N) is 1. The maximum Gasteiger partial charge on any atom is 0.267 e. The van der Waals surface area contributed by atoms with Crippen LogP contribution in [0, 0.1) is 5.82 Å². The van der Waals surface area contributed by atoms with E-state index in [9.17, 15) is 9.18 Å². The van der Waals surface area contributed by atoms with Crippen LogP contribution in [0.3, 0.4) is 0 Å². The summed E-state index contributed by atoms with van der Waals surface area (Å²) >= 11 is 0. The van der Waals surface area contributed by atoms with E-state index in [0.717, 1.165) is 0 Å². The van der Waals surface area contributed by atoms with Gasteiger partial charge in [0.1, 0.15) is 5.82 Å². The van der Waals surface area contributed by atoms with E-state index in [-0.39, 0.29) is 11.4 Å². The Morgan fingerprint density at radius 2 is 1.89 bits per heavy atom. The third-order valence-electron chi connectivity index (χ3n) is 2.59. The minimum atomic E-state index is -0.507. The quantitative estimate of drug-likeness (QED) is 0.326. The van der Waals surface area contributed by atoms with Gasteiger partial charge < -0.3 is 5.73 Å². The summed E-state index contributed by atoms with van der Waals surface area (Å²) in [4.78, 5) is 11.7. The molecule has 2 rings (SSSR count). The topological polar surface area (TPSA) is 81.1 Å². The number of carbonyl (C=O) groups is 1. The Labute approximate surface area is 103 Å². The number of hydrazine groups is 1. The third kappa shape index (κ3) is 2.16. The summed E-state index contributed by atoms with van der Waals surface area (Å²) in [6, 6.07) is 10.9. The number of amides is 1. The maximum atomic E-state index is 13.2. The number of hydrogen-bond donors (Lipinski definition) is 3. The Morgan fingerprint density at radius 1 is 1.17 bits per heavy atom. The number of rotatable bonds is 2. The maximum absolute atomic E-state index is 13.2. The molecule has 0 heterocycles. The zero-order valence-corrected chi connectivity index (χ0v) is 9.48. The average Bonchev–Trinajstić information content (AvgIpc) is 2.37. The minimum Gasteiger partial charge on any atom is -0.398 e. The highest BCUT2D eigenvalue weighted by atomic mass is 19.1. The molecule has 0 fully saturated rings. The molecule has 0 bridgehead atoms. The number of hydrogen-bond acceptors (Lipinski definition) is 3. The van der Waals surface area contributed by atoms with Gasteiger partial charge in [-0.25, -0.2) is 10.2 Å². The van der Waals surface area contributed by atoms with E-state index in [2.05, 4.69) is 0 Å². The van der Waals surface area contributed by atoms with Gasteiger partial charge in [0.25, 0.3) is 5.91 Å². The smallest absolute Gasteiger partial charge is 0.267 e. The second kappa shape index (κ2) is 4.85. The molecule has 18 heavy (non-hydrogen) atoms. The van der Waals surface area contributed by atoms with E-state index in [0.29, 0.717) is 16.8 Å². The molecule has 5 heteroatoms. The fourth-order valence-electron chi connectivity index (χ4n) is 1.79. The highest BCUT2D eigenvalue weighted by Gasteiger charge is 2.15. The van der Waals surface area contributed by atoms with Crippen LogP contribution in [0.4, 0.5) is 10.1 Å². The first-order chi connectivity index (χ1) is 8.63. The van der Waals surface area contributed by atoms with Crippen molar-refractivity contribution in [3.63, 3.8) is 0 Å². The molecule has 0 radical (unpaired) electrons. The van der Waals surface area contributed by atoms with Crippen LogP contribution in [0.2, 0.25) is 0 Å². The normalized spacial score (nSPS) is 10.1. The lowest BCUT2D eigenvalue weighted by Crippen LogP contribution is -2.31. The number of carbonyl (C=O) groups excluding carboxylic acids is 1. The fraction of sp³-hybridized carbons (Fsp3) is 0. The Morgan fingerprint density at radius 3 is 2.56 bits per heavy atom. The van der Waals surface area contributed by atoms with Crippen LogP contribution >= 0.6 is 0 Å². The van der Waals surface area contributed by atoms with E-state index in [1.807, 2.05) is 5.43 Å². The number of nitrogen functional groups attached to an aromatic ring is 2. The number of halogens is 1. The van der Waals surface area contributed by atoms with Gasteiger partial charge in [0, 0.05) is 5.69 Å². The predicted molar refractivity (Wildman–Crippen MR) is 67.9 cm³/mol. The summed E-state index contributed by atoms with van der Waals surface area (Å²) in [5, 5.41) is 0. The predicted octanol–water partition coefficient (Wildman–Crippen LogP) is 1.68. The lowest BCUT2D eigenvalue weighted by Gasteiger charge is -2.11. The van der Waals surface area contributed by atoms with Crippen molar-refractivity contribution in [2.45, 2.75) is 0 Å². The molecular formula is C13H12FN3O. The third-order valence-corrected chi connectivity index (χ3v) is 2.59. The average molecular weight is 245 g/mol. The Balaban J connectivity index is 2.64. The van der Waals surface area contributed by atoms with Gasteiger partial charge in [-0.05, 0) is 29.3 Å². The lowest BCUT2D eigenvalue weighted by molar-refractivity contribution is 0.0955. The van der Waals surface area contributed by atoms with Crippen LogP contribution in [-0.2, 0) is 0 Å². The van der Waals surface area contributed by atoms with E-state index in [4.69, 9.17) is 11.6 Å². The first kappa shape index (κ1) is 12.1. The molecule has 5 N–H and O–H groups in total. The highest BCUT2D eigenvalue weighted by molar-refractivity contribution is 6.05. The van der Waals surface area contributed by atoms with Gasteiger partial charge in [-0.1, -0.05) is 24.3 Å². The SMILES string of the molecule is NNC(=O)c1c(N)cccc1-c1cccc(F)c1. The van der Waals surface area contributed by atoms with Gasteiger partial charge in [0.05, 0.1) is 5.56 Å². The highest BCUT2D eigenvalue weighted by Crippen LogP contribution is 2.28. The Kier molecular flexibility index (Phi) is 3.25. The molecular weight excluding hydrogens is 233 g/mol. The van der Waals surface area contributed by atoms with Crippen molar-refractivity contribution in [2.24, 2.45) is 5.84 Å². The molecule has 0 atom stereocenters. The van der Waals surface area contributed by atoms with Crippen molar-refractivity contribution >= 4 is 11.6 Å². The van der Waals surface area contributed by atoms with Crippen LogP contribution in [0.25, 0.3) is 11.1 Å². The van der Waals surface area contributed by atoms with Gasteiger partial charge in [0.2, 0.25) is 0 Å². The van der Waals surface area contributed by atoms with Crippen LogP contribution in [0.1, 0.15) is 10.4 Å². The van der Waals surface area contributed by atoms with E-state index >= 15 is 0 Å². The summed E-state index contributed by atoms with van der Waals surface area (Å²) in [6.07, 6.45) is 0. The van der Waals surface area contributed by atoms with Crippen molar-refractivity contribution in [1.29, 1.82) is 0 Å². The zero-order chi connectivity index (χ0) is 13.1. The molecule has 2 aromatic rings. The molecule has 0 saturated heterocycles. The molecule has 0 saturated carbocycles. The molecule has 0 aliphatic heterocycles. The zero-order valence-electron chi connectivity index (χ0n) is 9.48. The van der Waals surface area contributed by atoms with Crippen LogP contribution < -0.4 is 17.0 Å². The van der Waals surface area contributed by atoms with Gasteiger partial charge in [-0.2, -0.15) is 0 Å². The largest absolute Gasteiger partial charge is 0.398 e. The van der Waals surface area contributed by atoms with Crippen molar-refractivity contribution in [2.75, 3.05) is 5.73 Å². The number of nitrogens with two attached hydrogens (primary N) is 2. The standard InChI is InChI=1S/C13H12FN3O/c14-9-4-1-3-8(7-9)10-5-2-6-11(15)12(10)13(18)17-16/h1-7H,15-16H2,(H,17,18). The number of benzene rings is 2. The molecule has 0 unspecified atom stereocenters. The summed E-state index contributed by atoms with van der Waals surface area (Å²) in [6.45, 7) is 0. The fourth-order valence-corrected chi connectivity index (χ4v) is 1.79. The summed E-state index contributed by atoms with van der Waals surface area (Å²) < 4.78 is 13.2. The molecule has 0 aliphatic carbocycles. The van der Waals surface area contributed by atoms with Gasteiger partial charge in [-0.15, -0.1) is 0 Å². The van der Waals surface area contributed by atoms with Crippen LogP contribution in [0.5, 0.6) is 0 Å². The number of anilines is 1. The molecule has 0 aliphatic rings. The van der Waals surface area contributed by atoms with E-state index < -0.39 is 5.91 Å². The van der Waals surface area contributed by atoms with Crippen molar-refractivity contribution in [3.05, 3.63) is 53.8 Å². The molecule has 4 nitrogen and oxygen atoms in total. The molecule has 2 aromatic carbocycles. The summed E-state index contributed by atoms with van der Waals surface area (Å²) in [5.41, 5.74) is 9.44. The second-order valence-electron chi connectivity index (χ2n) is 3.75. The van der Waals surface area contributed by atoms with Crippen LogP contribution in [-0.4, -0.2) is 5.91 Å². The van der Waals surface area contributed by atoms with Gasteiger partial charge >= 0.3 is 0 Å². The Bertz CT molecular complexity index is 599. The summed E-state index contributed by atoms with van der Waals surface area (Å²) in [7, 11) is 0. The van der Waals surface area contributed by atoms with Crippen molar-refractivity contribution in [1.82, 2.24) is 5.43 Å². The minimum absolute atomic E-state index is 0.241. The van der Waals surface area contributed by atoms with Gasteiger partial charge in [-0.3, -0.25) is 10.2 Å². The molecule has 0 aromatic heterocycles.